The normalized spacial score (nSPS) is 21.2. The smallest absolute Gasteiger partial charge is 0.387 e. The third-order valence-electron chi connectivity index (χ3n) is 3.05. The van der Waals surface area contributed by atoms with Crippen LogP contribution in [0, 0.1) is 5.92 Å². The highest BCUT2D eigenvalue weighted by molar-refractivity contribution is 6.02. The van der Waals surface area contributed by atoms with Gasteiger partial charge in [-0.05, 0) is 17.7 Å². The molecule has 6 nitrogen and oxygen atoms in total. The molecule has 1 fully saturated rings. The highest BCUT2D eigenvalue weighted by Gasteiger charge is 2.38. The summed E-state index contributed by atoms with van der Waals surface area (Å²) in [5.41, 5.74) is 0.651. The fourth-order valence-electron chi connectivity index (χ4n) is 1.99. The number of rotatable bonds is 5. The number of nitrogens with one attached hydrogen (secondary N) is 2. The van der Waals surface area contributed by atoms with E-state index in [1.54, 1.807) is 0 Å². The molecule has 114 valence electrons. The lowest BCUT2D eigenvalue weighted by atomic mass is 10.0. The lowest BCUT2D eigenvalue weighted by Gasteiger charge is -2.12. The fraction of sp³-hybridized carbons (Fsp3) is 0.385. The van der Waals surface area contributed by atoms with E-state index in [0.29, 0.717) is 5.56 Å². The molecule has 8 heteroatoms. The van der Waals surface area contributed by atoms with Crippen LogP contribution in [0.15, 0.2) is 24.3 Å². The van der Waals surface area contributed by atoms with Crippen LogP contribution >= 0.6 is 0 Å². The number of hydrogen-bond acceptors (Lipinski definition) is 4. The van der Waals surface area contributed by atoms with Gasteiger partial charge in [0.05, 0.1) is 6.10 Å². The minimum atomic E-state index is -2.89. The van der Waals surface area contributed by atoms with Gasteiger partial charge in [-0.15, -0.1) is 0 Å². The summed E-state index contributed by atoms with van der Waals surface area (Å²) in [5.74, 6) is -2.19. The molecule has 0 aromatic heterocycles. The highest BCUT2D eigenvalue weighted by Crippen LogP contribution is 2.15. The Bertz CT molecular complexity index is 521. The van der Waals surface area contributed by atoms with Gasteiger partial charge < -0.3 is 20.5 Å². The maximum atomic E-state index is 12.0. The molecule has 2 atom stereocenters. The van der Waals surface area contributed by atoms with Crippen molar-refractivity contribution in [1.29, 1.82) is 0 Å². The summed E-state index contributed by atoms with van der Waals surface area (Å²) in [5, 5.41) is 14.4. The van der Waals surface area contributed by atoms with Crippen LogP contribution in [0.25, 0.3) is 0 Å². The van der Waals surface area contributed by atoms with Gasteiger partial charge >= 0.3 is 6.61 Å². The van der Waals surface area contributed by atoms with Crippen molar-refractivity contribution in [3.63, 3.8) is 0 Å². The quantitative estimate of drug-likeness (QED) is 0.669. The monoisotopic (exact) mass is 300 g/mol. The Balaban J connectivity index is 1.88. The molecule has 1 aromatic carbocycles. The molecule has 2 rings (SSSR count). The number of alkyl halides is 2. The molecule has 0 spiro atoms. The summed E-state index contributed by atoms with van der Waals surface area (Å²) in [6, 6.07) is 5.74. The van der Waals surface area contributed by atoms with E-state index in [0.717, 1.165) is 0 Å². The predicted molar refractivity (Wildman–Crippen MR) is 67.4 cm³/mol. The van der Waals surface area contributed by atoms with Crippen molar-refractivity contribution in [2.45, 2.75) is 19.3 Å². The fourth-order valence-corrected chi connectivity index (χ4v) is 1.99. The first kappa shape index (κ1) is 15.2. The van der Waals surface area contributed by atoms with E-state index >= 15 is 0 Å². The largest absolute Gasteiger partial charge is 0.435 e. The second kappa shape index (κ2) is 6.49. The Labute approximate surface area is 119 Å². The van der Waals surface area contributed by atoms with Gasteiger partial charge in [-0.2, -0.15) is 8.78 Å². The average molecular weight is 300 g/mol. The van der Waals surface area contributed by atoms with E-state index in [1.165, 1.54) is 24.3 Å². The zero-order chi connectivity index (χ0) is 15.4. The van der Waals surface area contributed by atoms with Gasteiger partial charge in [-0.3, -0.25) is 9.59 Å². The van der Waals surface area contributed by atoms with Crippen molar-refractivity contribution < 1.29 is 28.2 Å². The molecule has 1 aliphatic heterocycles. The minimum Gasteiger partial charge on any atom is -0.435 e. The molecule has 21 heavy (non-hydrogen) atoms. The number of halogens is 2. The lowest BCUT2D eigenvalue weighted by Crippen LogP contribution is -2.39. The van der Waals surface area contributed by atoms with Gasteiger partial charge in [-0.1, -0.05) is 12.1 Å². The standard InChI is InChI=1S/C13H14F2N2O4/c14-13(15)21-8-3-1-7(2-4-8)5-16-11(19)10-9(18)6-17-12(10)20/h1-4,9-10,13,18H,5-6H2,(H,16,19)(H,17,20). The lowest BCUT2D eigenvalue weighted by molar-refractivity contribution is -0.135. The summed E-state index contributed by atoms with van der Waals surface area (Å²) < 4.78 is 28.2. The van der Waals surface area contributed by atoms with E-state index in [1.807, 2.05) is 0 Å². The number of benzene rings is 1. The summed E-state index contributed by atoms with van der Waals surface area (Å²) in [4.78, 5) is 23.2. The second-order valence-electron chi connectivity index (χ2n) is 4.53. The second-order valence-corrected chi connectivity index (χ2v) is 4.53. The number of amides is 2. The van der Waals surface area contributed by atoms with Crippen molar-refractivity contribution in [3.05, 3.63) is 29.8 Å². The predicted octanol–water partition coefficient (Wildman–Crippen LogP) is 0.0111. The van der Waals surface area contributed by atoms with Crippen LogP contribution in [0.3, 0.4) is 0 Å². The molecule has 1 aromatic rings. The molecule has 3 N–H and O–H groups in total. The summed E-state index contributed by atoms with van der Waals surface area (Å²) in [6.45, 7) is -2.72. The first-order chi connectivity index (χ1) is 9.97. The third-order valence-corrected chi connectivity index (χ3v) is 3.05. The molecular formula is C13H14F2N2O4. The van der Waals surface area contributed by atoms with Crippen LogP contribution in [-0.2, 0) is 16.1 Å². The zero-order valence-electron chi connectivity index (χ0n) is 10.9. The van der Waals surface area contributed by atoms with Crippen LogP contribution in [0.2, 0.25) is 0 Å². The Kier molecular flexibility index (Phi) is 4.69. The van der Waals surface area contributed by atoms with E-state index in [4.69, 9.17) is 0 Å². The number of aliphatic hydroxyl groups is 1. The van der Waals surface area contributed by atoms with Crippen LogP contribution in [-0.4, -0.2) is 36.2 Å². The van der Waals surface area contributed by atoms with Gasteiger partial charge in [0.15, 0.2) is 0 Å². The van der Waals surface area contributed by atoms with Crippen LogP contribution in [0.4, 0.5) is 8.78 Å². The SMILES string of the molecule is O=C(NCc1ccc(OC(F)F)cc1)C1C(=O)NCC1O. The van der Waals surface area contributed by atoms with Crippen molar-refractivity contribution in [3.8, 4) is 5.75 Å². The maximum absolute atomic E-state index is 12.0. The van der Waals surface area contributed by atoms with Crippen molar-refractivity contribution in [2.24, 2.45) is 5.92 Å². The number of aliphatic hydroxyl groups excluding tert-OH is 1. The van der Waals surface area contributed by atoms with E-state index in [9.17, 15) is 23.5 Å². The van der Waals surface area contributed by atoms with Gasteiger partial charge in [0.25, 0.3) is 0 Å². The Morgan fingerprint density at radius 2 is 2.10 bits per heavy atom. The summed E-state index contributed by atoms with van der Waals surface area (Å²) >= 11 is 0. The molecular weight excluding hydrogens is 286 g/mol. The Morgan fingerprint density at radius 3 is 2.62 bits per heavy atom. The van der Waals surface area contributed by atoms with Gasteiger partial charge in [0.2, 0.25) is 11.8 Å². The summed E-state index contributed by atoms with van der Waals surface area (Å²) in [6.07, 6.45) is -1.04. The third kappa shape index (κ3) is 3.88. The Hall–Kier alpha value is -2.22. The topological polar surface area (TPSA) is 87.7 Å². The van der Waals surface area contributed by atoms with Crippen molar-refractivity contribution in [1.82, 2.24) is 10.6 Å². The number of ether oxygens (including phenoxy) is 1. The molecule has 0 saturated carbocycles. The Morgan fingerprint density at radius 1 is 1.43 bits per heavy atom. The van der Waals surface area contributed by atoms with Gasteiger partial charge in [0.1, 0.15) is 11.7 Å². The van der Waals surface area contributed by atoms with Crippen LogP contribution in [0.5, 0.6) is 5.75 Å². The number of β-amino-alcohol motifs (C(OH)–C–C–N with tert-alkyl or cyclic N) is 1. The molecule has 0 bridgehead atoms. The molecule has 2 unspecified atom stereocenters. The van der Waals surface area contributed by atoms with E-state index in [-0.39, 0.29) is 18.8 Å². The number of carbonyl (C=O) groups is 2. The highest BCUT2D eigenvalue weighted by atomic mass is 19.3. The van der Waals surface area contributed by atoms with Crippen molar-refractivity contribution in [2.75, 3.05) is 6.54 Å². The molecule has 0 aliphatic carbocycles. The molecule has 1 saturated heterocycles. The minimum absolute atomic E-state index is 0.0191. The van der Waals surface area contributed by atoms with Crippen LogP contribution in [0.1, 0.15) is 5.56 Å². The maximum Gasteiger partial charge on any atom is 0.387 e. The van der Waals surface area contributed by atoms with Gasteiger partial charge in [0, 0.05) is 13.1 Å². The van der Waals surface area contributed by atoms with Gasteiger partial charge in [-0.25, -0.2) is 0 Å². The first-order valence-electron chi connectivity index (χ1n) is 6.24. The van der Waals surface area contributed by atoms with Crippen LogP contribution < -0.4 is 15.4 Å². The average Bonchev–Trinajstić information content (AvgIpc) is 2.76. The first-order valence-corrected chi connectivity index (χ1v) is 6.24. The summed E-state index contributed by atoms with van der Waals surface area (Å²) in [7, 11) is 0. The number of hydrogen-bond donors (Lipinski definition) is 3. The molecule has 0 radical (unpaired) electrons. The molecule has 2 amide bonds. The van der Waals surface area contributed by atoms with E-state index in [2.05, 4.69) is 15.4 Å². The molecule has 1 heterocycles. The number of carbonyl (C=O) groups excluding carboxylic acids is 2. The van der Waals surface area contributed by atoms with Crippen molar-refractivity contribution >= 4 is 11.8 Å². The van der Waals surface area contributed by atoms with E-state index < -0.39 is 30.4 Å². The zero-order valence-corrected chi connectivity index (χ0v) is 10.9. The molecule has 1 aliphatic rings.